The molecule has 3 aromatic rings. The largest absolute Gasteiger partial charge is 0.455 e. The lowest BCUT2D eigenvalue weighted by Crippen LogP contribution is -2.17. The summed E-state index contributed by atoms with van der Waals surface area (Å²) in [6.45, 7) is -1.43. The number of rotatable bonds is 5. The molecule has 1 N–H and O–H groups in total. The van der Waals surface area contributed by atoms with Gasteiger partial charge >= 0.3 is 12.8 Å². The number of para-hydroxylation sites is 1. The van der Waals surface area contributed by atoms with E-state index in [2.05, 4.69) is 15.0 Å². The van der Waals surface area contributed by atoms with Crippen LogP contribution in [-0.4, -0.2) is 17.5 Å². The molecule has 0 aliphatic heterocycles. The predicted octanol–water partition coefficient (Wildman–Crippen LogP) is 5.26. The number of nitrogens with zero attached hydrogens (tertiary/aromatic N) is 1. The Labute approximate surface area is 155 Å². The molecule has 0 fully saturated rings. The van der Waals surface area contributed by atoms with E-state index in [1.165, 1.54) is 18.2 Å². The number of anilines is 1. The molecule has 0 saturated carbocycles. The molecule has 0 saturated heterocycles. The van der Waals surface area contributed by atoms with Gasteiger partial charge in [0.15, 0.2) is 5.58 Å². The highest BCUT2D eigenvalue weighted by molar-refractivity contribution is 6.12. The number of hydrogen-bond donors (Lipinski definition) is 1. The Morgan fingerprint density at radius 2 is 2.00 bits per heavy atom. The summed E-state index contributed by atoms with van der Waals surface area (Å²) in [5.74, 6) is -1.05. The van der Waals surface area contributed by atoms with Gasteiger partial charge in [0.1, 0.15) is 5.76 Å². The zero-order valence-electron chi connectivity index (χ0n) is 14.3. The molecule has 5 nitrogen and oxygen atoms in total. The second kappa shape index (κ2) is 7.45. The minimum atomic E-state index is -4.67. The lowest BCUT2D eigenvalue weighted by atomic mass is 10.1. The Bertz CT molecular complexity index is 1010. The lowest BCUT2D eigenvalue weighted by molar-refractivity contribution is -0.136. The molecule has 28 heavy (non-hydrogen) atoms. The molecule has 148 valence electrons. The zero-order valence-corrected chi connectivity index (χ0v) is 14.3. The maximum absolute atomic E-state index is 13.1. The number of carbonyl (C=O) groups excluding carboxylic acids is 1. The first-order valence-electron chi connectivity index (χ1n) is 8.04. The summed E-state index contributed by atoms with van der Waals surface area (Å²) in [5.41, 5.74) is -1.79. The molecular formula is C18H13F5N2O3. The molecule has 1 aromatic carbocycles. The topological polar surface area (TPSA) is 64.4 Å². The summed E-state index contributed by atoms with van der Waals surface area (Å²) in [4.78, 5) is 16.2. The van der Waals surface area contributed by atoms with Crippen molar-refractivity contribution >= 4 is 22.6 Å². The van der Waals surface area contributed by atoms with Crippen molar-refractivity contribution in [3.63, 3.8) is 0 Å². The van der Waals surface area contributed by atoms with E-state index in [1.54, 1.807) is 6.92 Å². The third-order valence-electron chi connectivity index (χ3n) is 3.85. The number of ether oxygens (including phenoxy) is 1. The van der Waals surface area contributed by atoms with E-state index in [9.17, 15) is 26.7 Å². The maximum Gasteiger partial charge on any atom is 0.418 e. The normalized spacial score (nSPS) is 11.8. The van der Waals surface area contributed by atoms with Crippen LogP contribution in [0.4, 0.5) is 27.6 Å². The second-order valence-corrected chi connectivity index (χ2v) is 5.66. The molecule has 0 aliphatic rings. The van der Waals surface area contributed by atoms with Crippen LogP contribution in [0.3, 0.4) is 0 Å². The van der Waals surface area contributed by atoms with Crippen molar-refractivity contribution in [3.8, 4) is 5.88 Å². The summed E-state index contributed by atoms with van der Waals surface area (Å²) in [6.07, 6.45) is -3.33. The van der Waals surface area contributed by atoms with Gasteiger partial charge in [0, 0.05) is 18.0 Å². The maximum atomic E-state index is 13.1. The number of amides is 1. The molecule has 0 spiro atoms. The predicted molar refractivity (Wildman–Crippen MR) is 89.4 cm³/mol. The minimum absolute atomic E-state index is 0.101. The number of carbonyl (C=O) groups is 1. The summed E-state index contributed by atoms with van der Waals surface area (Å²) >= 11 is 0. The number of pyridine rings is 1. The average Bonchev–Trinajstić information content (AvgIpc) is 3.06. The van der Waals surface area contributed by atoms with Crippen LogP contribution in [0, 0.1) is 0 Å². The van der Waals surface area contributed by atoms with Crippen LogP contribution < -0.4 is 10.1 Å². The van der Waals surface area contributed by atoms with Crippen molar-refractivity contribution in [2.24, 2.45) is 0 Å². The molecule has 0 bridgehead atoms. The van der Waals surface area contributed by atoms with Crippen LogP contribution in [0.1, 0.15) is 28.6 Å². The van der Waals surface area contributed by atoms with Gasteiger partial charge in [-0.05, 0) is 18.2 Å². The third-order valence-corrected chi connectivity index (χ3v) is 3.85. The van der Waals surface area contributed by atoms with Gasteiger partial charge in [0.25, 0.3) is 11.8 Å². The molecule has 3 rings (SSSR count). The van der Waals surface area contributed by atoms with Crippen molar-refractivity contribution < 1.29 is 35.9 Å². The van der Waals surface area contributed by atoms with Gasteiger partial charge < -0.3 is 14.5 Å². The first-order chi connectivity index (χ1) is 13.2. The molecule has 2 aromatic heterocycles. The van der Waals surface area contributed by atoms with Gasteiger partial charge in [0.2, 0.25) is 0 Å². The highest BCUT2D eigenvalue weighted by Crippen LogP contribution is 2.35. The number of fused-ring (bicyclic) bond motifs is 1. The van der Waals surface area contributed by atoms with Gasteiger partial charge in [-0.3, -0.25) is 4.79 Å². The molecule has 2 heterocycles. The molecule has 1 amide bonds. The van der Waals surface area contributed by atoms with Crippen LogP contribution in [-0.2, 0) is 12.6 Å². The monoisotopic (exact) mass is 400 g/mol. The van der Waals surface area contributed by atoms with Crippen LogP contribution in [0.25, 0.3) is 11.0 Å². The fourth-order valence-corrected chi connectivity index (χ4v) is 2.60. The van der Waals surface area contributed by atoms with Gasteiger partial charge in [-0.1, -0.05) is 19.1 Å². The number of benzene rings is 1. The highest BCUT2D eigenvalue weighted by Gasteiger charge is 2.34. The van der Waals surface area contributed by atoms with Crippen molar-refractivity contribution in [1.29, 1.82) is 0 Å². The number of nitrogens with one attached hydrogen (secondary N) is 1. The van der Waals surface area contributed by atoms with E-state index < -0.39 is 35.8 Å². The average molecular weight is 400 g/mol. The van der Waals surface area contributed by atoms with Crippen LogP contribution in [0.5, 0.6) is 5.88 Å². The fourth-order valence-electron chi connectivity index (χ4n) is 2.60. The standard InChI is InChI=1S/C18H13F5N2O3/c1-2-9-7-10-11(8-24-16(14(10)27-9)28-17(19)20)15(26)25-13-6-4-3-5-12(13)18(21,22)23/h3-8,17H,2H2,1H3,(H,25,26). The number of alkyl halides is 5. The van der Waals surface area contributed by atoms with Crippen molar-refractivity contribution in [1.82, 2.24) is 4.98 Å². The Kier molecular flexibility index (Phi) is 5.21. The van der Waals surface area contributed by atoms with Crippen LogP contribution in [0.2, 0.25) is 0 Å². The van der Waals surface area contributed by atoms with E-state index in [0.717, 1.165) is 18.3 Å². The van der Waals surface area contributed by atoms with Crippen LogP contribution >= 0.6 is 0 Å². The van der Waals surface area contributed by atoms with Gasteiger partial charge in [-0.2, -0.15) is 22.0 Å². The Morgan fingerprint density at radius 1 is 1.29 bits per heavy atom. The second-order valence-electron chi connectivity index (χ2n) is 5.66. The number of halogens is 5. The smallest absolute Gasteiger partial charge is 0.418 e. The van der Waals surface area contributed by atoms with Crippen molar-refractivity contribution in [3.05, 3.63) is 53.4 Å². The highest BCUT2D eigenvalue weighted by atomic mass is 19.4. The van der Waals surface area contributed by atoms with Gasteiger partial charge in [-0.15, -0.1) is 0 Å². The first-order valence-corrected chi connectivity index (χ1v) is 8.04. The zero-order chi connectivity index (χ0) is 20.5. The SMILES string of the molecule is CCc1cc2c(C(=O)Nc3ccccc3C(F)(F)F)cnc(OC(F)F)c2o1. The molecule has 0 atom stereocenters. The third kappa shape index (κ3) is 3.90. The molecule has 0 radical (unpaired) electrons. The number of aromatic nitrogens is 1. The molecule has 10 heteroatoms. The summed E-state index contributed by atoms with van der Waals surface area (Å²) in [6, 6.07) is 5.89. The molecular weight excluding hydrogens is 387 g/mol. The van der Waals surface area contributed by atoms with Crippen LogP contribution in [0.15, 0.2) is 40.9 Å². The Balaban J connectivity index is 2.03. The van der Waals surface area contributed by atoms with E-state index in [0.29, 0.717) is 12.2 Å². The first kappa shape index (κ1) is 19.6. The van der Waals surface area contributed by atoms with Gasteiger partial charge in [-0.25, -0.2) is 4.98 Å². The summed E-state index contributed by atoms with van der Waals surface area (Å²) in [7, 11) is 0. The van der Waals surface area contributed by atoms with E-state index in [4.69, 9.17) is 4.42 Å². The number of aryl methyl sites for hydroxylation is 1. The molecule has 0 unspecified atom stereocenters. The van der Waals surface area contributed by atoms with E-state index in [-0.39, 0.29) is 16.5 Å². The van der Waals surface area contributed by atoms with E-state index in [1.807, 2.05) is 0 Å². The molecule has 0 aliphatic carbocycles. The quantitative estimate of drug-likeness (QED) is 0.593. The Morgan fingerprint density at radius 3 is 2.64 bits per heavy atom. The minimum Gasteiger partial charge on any atom is -0.455 e. The van der Waals surface area contributed by atoms with Gasteiger partial charge in [0.05, 0.1) is 16.8 Å². The van der Waals surface area contributed by atoms with Crippen molar-refractivity contribution in [2.75, 3.05) is 5.32 Å². The lowest BCUT2D eigenvalue weighted by Gasteiger charge is -2.14. The Hall–Kier alpha value is -3.17. The summed E-state index contributed by atoms with van der Waals surface area (Å²) < 4.78 is 74.1. The van der Waals surface area contributed by atoms with Crippen molar-refractivity contribution in [2.45, 2.75) is 26.1 Å². The number of furan rings is 1. The number of hydrogen-bond acceptors (Lipinski definition) is 4. The van der Waals surface area contributed by atoms with E-state index >= 15 is 0 Å². The summed E-state index contributed by atoms with van der Waals surface area (Å²) in [5, 5.41) is 2.28. The fraction of sp³-hybridized carbons (Fsp3) is 0.222.